The van der Waals surface area contributed by atoms with Crippen molar-refractivity contribution in [3.63, 3.8) is 0 Å². The van der Waals surface area contributed by atoms with Crippen LogP contribution in [-0.4, -0.2) is 82.4 Å². The fourth-order valence-corrected chi connectivity index (χ4v) is 3.29. The van der Waals surface area contributed by atoms with E-state index in [1.54, 1.807) is 0 Å². The fraction of sp³-hybridized carbons (Fsp3) is 0.786. The molecule has 21 heavy (non-hydrogen) atoms. The smallest absolute Gasteiger partial charge is 0.317 e. The second-order valence-electron chi connectivity index (χ2n) is 6.11. The van der Waals surface area contributed by atoms with E-state index >= 15 is 0 Å². The molecule has 0 aromatic rings. The van der Waals surface area contributed by atoms with Gasteiger partial charge in [0, 0.05) is 32.2 Å². The van der Waals surface area contributed by atoms with Crippen molar-refractivity contribution in [2.45, 2.75) is 37.8 Å². The molecule has 0 spiro atoms. The minimum Gasteiger partial charge on any atom is -0.480 e. The molecule has 1 N–H and O–H groups in total. The Morgan fingerprint density at radius 1 is 1.14 bits per heavy atom. The van der Waals surface area contributed by atoms with Crippen molar-refractivity contribution in [2.24, 2.45) is 0 Å². The van der Waals surface area contributed by atoms with Crippen LogP contribution in [-0.2, 0) is 14.4 Å². The number of hydrogen-bond acceptors (Lipinski definition) is 5. The third kappa shape index (κ3) is 3.08. The summed E-state index contributed by atoms with van der Waals surface area (Å²) in [5.41, 5.74) is 0. The summed E-state index contributed by atoms with van der Waals surface area (Å²) >= 11 is 0. The Morgan fingerprint density at radius 2 is 1.90 bits per heavy atom. The van der Waals surface area contributed by atoms with E-state index in [1.165, 1.54) is 4.90 Å². The average Bonchev–Trinajstić information content (AvgIpc) is 3.21. The van der Waals surface area contributed by atoms with Gasteiger partial charge in [0.25, 0.3) is 0 Å². The number of aliphatic carboxylic acids is 1. The minimum absolute atomic E-state index is 0.0413. The van der Waals surface area contributed by atoms with Gasteiger partial charge in [-0.1, -0.05) is 0 Å². The number of imide groups is 1. The normalized spacial score (nSPS) is 29.0. The highest BCUT2D eigenvalue weighted by atomic mass is 16.4. The van der Waals surface area contributed by atoms with Crippen molar-refractivity contribution in [3.05, 3.63) is 0 Å². The molecule has 7 heteroatoms. The summed E-state index contributed by atoms with van der Waals surface area (Å²) in [4.78, 5) is 40.6. The highest BCUT2D eigenvalue weighted by molar-refractivity contribution is 6.06. The number of nitrogens with zero attached hydrogens (tertiary/aromatic N) is 3. The van der Waals surface area contributed by atoms with Crippen LogP contribution < -0.4 is 0 Å². The third-order valence-corrected chi connectivity index (χ3v) is 4.49. The summed E-state index contributed by atoms with van der Waals surface area (Å²) < 4.78 is 0. The van der Waals surface area contributed by atoms with E-state index in [9.17, 15) is 14.4 Å². The molecule has 3 aliphatic rings. The van der Waals surface area contributed by atoms with Gasteiger partial charge in [-0.3, -0.25) is 29.1 Å². The molecule has 0 radical (unpaired) electrons. The van der Waals surface area contributed by atoms with Gasteiger partial charge in [-0.15, -0.1) is 0 Å². The molecule has 116 valence electrons. The standard InChI is InChI=1S/C14H21N3O4/c18-12-8-11(14(21)17(12)10-2-3-10)16-5-1-4-15(6-7-16)9-13(19)20/h10-11H,1-9H2,(H,19,20). The van der Waals surface area contributed by atoms with Crippen molar-refractivity contribution >= 4 is 17.8 Å². The molecule has 0 aromatic carbocycles. The van der Waals surface area contributed by atoms with Crippen molar-refractivity contribution in [2.75, 3.05) is 32.7 Å². The van der Waals surface area contributed by atoms with E-state index in [4.69, 9.17) is 5.11 Å². The lowest BCUT2D eigenvalue weighted by Crippen LogP contribution is -2.44. The van der Waals surface area contributed by atoms with Crippen LogP contribution in [0, 0.1) is 0 Å². The molecule has 7 nitrogen and oxygen atoms in total. The van der Waals surface area contributed by atoms with E-state index in [0.29, 0.717) is 13.1 Å². The zero-order valence-electron chi connectivity index (χ0n) is 12.0. The van der Waals surface area contributed by atoms with Crippen LogP contribution in [0.1, 0.15) is 25.7 Å². The van der Waals surface area contributed by atoms with Crippen molar-refractivity contribution < 1.29 is 19.5 Å². The summed E-state index contributed by atoms with van der Waals surface area (Å²) in [7, 11) is 0. The average molecular weight is 295 g/mol. The summed E-state index contributed by atoms with van der Waals surface area (Å²) in [5.74, 6) is -0.913. The predicted octanol–water partition coefficient (Wildman–Crippen LogP) is -0.631. The van der Waals surface area contributed by atoms with Gasteiger partial charge >= 0.3 is 5.97 Å². The van der Waals surface area contributed by atoms with Gasteiger partial charge in [0.2, 0.25) is 11.8 Å². The first-order valence-electron chi connectivity index (χ1n) is 7.60. The number of rotatable bonds is 4. The molecule has 1 aliphatic carbocycles. The Morgan fingerprint density at radius 3 is 2.57 bits per heavy atom. The molecule has 2 heterocycles. The van der Waals surface area contributed by atoms with Crippen LogP contribution in [0.5, 0.6) is 0 Å². The van der Waals surface area contributed by atoms with Gasteiger partial charge in [0.15, 0.2) is 0 Å². The molecular formula is C14H21N3O4. The van der Waals surface area contributed by atoms with Crippen LogP contribution in [0.2, 0.25) is 0 Å². The Labute approximate surface area is 123 Å². The maximum absolute atomic E-state index is 12.4. The molecule has 1 saturated carbocycles. The van der Waals surface area contributed by atoms with Gasteiger partial charge in [0.1, 0.15) is 0 Å². The molecule has 2 amide bonds. The molecule has 2 aliphatic heterocycles. The summed E-state index contributed by atoms with van der Waals surface area (Å²) in [6.07, 6.45) is 3.00. The maximum Gasteiger partial charge on any atom is 0.317 e. The molecular weight excluding hydrogens is 274 g/mol. The number of carbonyl (C=O) groups is 3. The van der Waals surface area contributed by atoms with E-state index in [0.717, 1.165) is 32.4 Å². The van der Waals surface area contributed by atoms with Gasteiger partial charge in [-0.25, -0.2) is 0 Å². The number of amides is 2. The fourth-order valence-electron chi connectivity index (χ4n) is 3.29. The predicted molar refractivity (Wildman–Crippen MR) is 73.5 cm³/mol. The Balaban J connectivity index is 1.61. The van der Waals surface area contributed by atoms with E-state index in [1.807, 2.05) is 4.90 Å². The molecule has 3 fully saturated rings. The Bertz CT molecular complexity index is 463. The minimum atomic E-state index is -0.824. The zero-order chi connectivity index (χ0) is 15.0. The molecule has 0 bridgehead atoms. The number of carboxylic acids is 1. The number of carbonyl (C=O) groups excluding carboxylic acids is 2. The van der Waals surface area contributed by atoms with Gasteiger partial charge in [-0.05, 0) is 19.3 Å². The van der Waals surface area contributed by atoms with Crippen molar-refractivity contribution in [1.82, 2.24) is 14.7 Å². The van der Waals surface area contributed by atoms with E-state index < -0.39 is 5.97 Å². The molecule has 0 aromatic heterocycles. The lowest BCUT2D eigenvalue weighted by atomic mass is 10.2. The van der Waals surface area contributed by atoms with Crippen molar-refractivity contribution in [3.8, 4) is 0 Å². The summed E-state index contributed by atoms with van der Waals surface area (Å²) in [6.45, 7) is 2.80. The Hall–Kier alpha value is -1.47. The van der Waals surface area contributed by atoms with Crippen LogP contribution in [0.25, 0.3) is 0 Å². The van der Waals surface area contributed by atoms with Crippen LogP contribution in [0.15, 0.2) is 0 Å². The first kappa shape index (κ1) is 14.5. The first-order chi connectivity index (χ1) is 10.1. The lowest BCUT2D eigenvalue weighted by Gasteiger charge is -2.25. The summed E-state index contributed by atoms with van der Waals surface area (Å²) in [6, 6.07) is -0.187. The summed E-state index contributed by atoms with van der Waals surface area (Å²) in [5, 5.41) is 8.85. The monoisotopic (exact) mass is 295 g/mol. The van der Waals surface area contributed by atoms with Crippen LogP contribution in [0.4, 0.5) is 0 Å². The maximum atomic E-state index is 12.4. The SMILES string of the molecule is O=C(O)CN1CCCN(C2CC(=O)N(C3CC3)C2=O)CC1. The Kier molecular flexibility index (Phi) is 3.95. The van der Waals surface area contributed by atoms with Crippen LogP contribution in [0.3, 0.4) is 0 Å². The highest BCUT2D eigenvalue weighted by Gasteiger charge is 2.48. The van der Waals surface area contributed by atoms with Crippen molar-refractivity contribution in [1.29, 1.82) is 0 Å². The molecule has 1 atom stereocenters. The number of carboxylic acid groups (broad SMARTS) is 1. The number of likely N-dealkylation sites (tertiary alicyclic amines) is 1. The van der Waals surface area contributed by atoms with E-state index in [-0.39, 0.29) is 36.9 Å². The highest BCUT2D eigenvalue weighted by Crippen LogP contribution is 2.33. The van der Waals surface area contributed by atoms with E-state index in [2.05, 4.69) is 4.90 Å². The lowest BCUT2D eigenvalue weighted by molar-refractivity contribution is -0.141. The second kappa shape index (κ2) is 5.73. The van der Waals surface area contributed by atoms with Gasteiger partial charge in [0.05, 0.1) is 19.0 Å². The first-order valence-corrected chi connectivity index (χ1v) is 7.60. The number of hydrogen-bond donors (Lipinski definition) is 1. The zero-order valence-corrected chi connectivity index (χ0v) is 12.0. The molecule has 2 saturated heterocycles. The second-order valence-corrected chi connectivity index (χ2v) is 6.11. The quantitative estimate of drug-likeness (QED) is 0.696. The third-order valence-electron chi connectivity index (χ3n) is 4.49. The molecule has 1 unspecified atom stereocenters. The molecule has 3 rings (SSSR count). The van der Waals surface area contributed by atoms with Gasteiger partial charge in [-0.2, -0.15) is 0 Å². The van der Waals surface area contributed by atoms with Gasteiger partial charge < -0.3 is 5.11 Å². The largest absolute Gasteiger partial charge is 0.480 e. The van der Waals surface area contributed by atoms with Crippen LogP contribution >= 0.6 is 0 Å². The topological polar surface area (TPSA) is 81.2 Å².